The Kier molecular flexibility index (Phi) is 11.7. The number of hydrogen-bond acceptors (Lipinski definition) is 8. The normalized spacial score (nSPS) is 14.8. The van der Waals surface area contributed by atoms with Crippen molar-refractivity contribution >= 4 is 35.5 Å². The third-order valence-corrected chi connectivity index (χ3v) is 5.27. The predicted molar refractivity (Wildman–Crippen MR) is 119 cm³/mol. The molecule has 1 aromatic heterocycles. The van der Waals surface area contributed by atoms with E-state index in [4.69, 9.17) is 5.73 Å². The topological polar surface area (TPSA) is 200 Å². The Morgan fingerprint density at radius 1 is 1.12 bits per heavy atom. The first-order valence-corrected chi connectivity index (χ1v) is 11.5. The number of hydrogen-bond donors (Lipinski definition) is 7. The van der Waals surface area contributed by atoms with Crippen molar-refractivity contribution in [2.45, 2.75) is 50.9 Å². The maximum atomic E-state index is 12.7. The molecule has 0 aliphatic carbocycles. The van der Waals surface area contributed by atoms with E-state index in [0.29, 0.717) is 17.9 Å². The van der Waals surface area contributed by atoms with Gasteiger partial charge in [0.2, 0.25) is 17.7 Å². The molecule has 12 nitrogen and oxygen atoms in total. The molecule has 13 heteroatoms. The monoisotopic (exact) mass is 472 g/mol. The standard InChI is InChI=1S/C19H32N6O6S/c1-10(2)15(25-16(27)12(20)4-5-32-3)18(29)24-14(8-26)17(28)23-13(19(30)31)6-11-7-21-9-22-11/h7,9-10,12-15,26H,4-6,8,20H2,1-3H3,(H,21,22)(H,23,28)(H,24,29)(H,25,27)(H,30,31). The van der Waals surface area contributed by atoms with Crippen molar-refractivity contribution in [1.29, 1.82) is 0 Å². The Bertz CT molecular complexity index is 759. The quantitative estimate of drug-likeness (QED) is 0.163. The molecular formula is C19H32N6O6S. The highest BCUT2D eigenvalue weighted by molar-refractivity contribution is 7.98. The van der Waals surface area contributed by atoms with Crippen LogP contribution in [0.1, 0.15) is 26.0 Å². The van der Waals surface area contributed by atoms with Crippen molar-refractivity contribution in [2.24, 2.45) is 11.7 Å². The van der Waals surface area contributed by atoms with Crippen LogP contribution in [-0.4, -0.2) is 86.7 Å². The molecule has 0 aliphatic rings. The Balaban J connectivity index is 2.78. The minimum Gasteiger partial charge on any atom is -0.480 e. The number of nitrogens with two attached hydrogens (primary N) is 1. The molecular weight excluding hydrogens is 440 g/mol. The van der Waals surface area contributed by atoms with Crippen LogP contribution >= 0.6 is 11.8 Å². The van der Waals surface area contributed by atoms with Crippen LogP contribution in [0.2, 0.25) is 0 Å². The number of aliphatic carboxylic acids is 1. The Morgan fingerprint density at radius 2 is 1.78 bits per heavy atom. The van der Waals surface area contributed by atoms with Crippen molar-refractivity contribution in [3.05, 3.63) is 18.2 Å². The molecule has 0 aromatic carbocycles. The lowest BCUT2D eigenvalue weighted by molar-refractivity contribution is -0.142. The van der Waals surface area contributed by atoms with E-state index in [1.165, 1.54) is 12.5 Å². The highest BCUT2D eigenvalue weighted by Gasteiger charge is 2.31. The van der Waals surface area contributed by atoms with Gasteiger partial charge in [-0.2, -0.15) is 11.8 Å². The van der Waals surface area contributed by atoms with E-state index in [-0.39, 0.29) is 12.3 Å². The van der Waals surface area contributed by atoms with E-state index >= 15 is 0 Å². The van der Waals surface area contributed by atoms with E-state index < -0.39 is 54.5 Å². The van der Waals surface area contributed by atoms with E-state index in [9.17, 15) is 29.4 Å². The maximum absolute atomic E-state index is 12.7. The van der Waals surface area contributed by atoms with Crippen LogP contribution in [0.25, 0.3) is 0 Å². The number of carboxylic acids is 1. The first kappa shape index (κ1) is 27.4. The number of carbonyl (C=O) groups excluding carboxylic acids is 3. The molecule has 0 aliphatic heterocycles. The van der Waals surface area contributed by atoms with Crippen LogP contribution in [0.4, 0.5) is 0 Å². The molecule has 8 N–H and O–H groups in total. The summed E-state index contributed by atoms with van der Waals surface area (Å²) in [5.41, 5.74) is 6.33. The average molecular weight is 473 g/mol. The molecule has 1 heterocycles. The van der Waals surface area contributed by atoms with Gasteiger partial charge in [-0.05, 0) is 24.3 Å². The summed E-state index contributed by atoms with van der Waals surface area (Å²) in [7, 11) is 0. The second kappa shape index (κ2) is 13.7. The number of aromatic amines is 1. The van der Waals surface area contributed by atoms with Gasteiger partial charge in [-0.15, -0.1) is 0 Å². The largest absolute Gasteiger partial charge is 0.480 e. The zero-order valence-corrected chi connectivity index (χ0v) is 19.1. The molecule has 0 saturated carbocycles. The van der Waals surface area contributed by atoms with Crippen molar-refractivity contribution in [3.8, 4) is 0 Å². The number of carbonyl (C=O) groups is 4. The maximum Gasteiger partial charge on any atom is 0.326 e. The molecule has 32 heavy (non-hydrogen) atoms. The number of nitrogens with one attached hydrogen (secondary N) is 4. The molecule has 1 rings (SSSR count). The first-order valence-electron chi connectivity index (χ1n) is 10.1. The van der Waals surface area contributed by atoms with E-state index in [2.05, 4.69) is 25.9 Å². The molecule has 0 spiro atoms. The molecule has 180 valence electrons. The van der Waals surface area contributed by atoms with Gasteiger partial charge in [-0.25, -0.2) is 9.78 Å². The number of carboxylic acid groups (broad SMARTS) is 1. The summed E-state index contributed by atoms with van der Waals surface area (Å²) in [5.74, 6) is -3.01. The van der Waals surface area contributed by atoms with Crippen LogP contribution < -0.4 is 21.7 Å². The fourth-order valence-corrected chi connectivity index (χ4v) is 3.21. The second-order valence-corrected chi connectivity index (χ2v) is 8.53. The number of amides is 3. The summed E-state index contributed by atoms with van der Waals surface area (Å²) in [6, 6.07) is -4.49. The summed E-state index contributed by atoms with van der Waals surface area (Å²) in [6.45, 7) is 2.65. The van der Waals surface area contributed by atoms with Crippen molar-refractivity contribution in [2.75, 3.05) is 18.6 Å². The van der Waals surface area contributed by atoms with Gasteiger partial charge in [0, 0.05) is 18.3 Å². The molecule has 3 amide bonds. The highest BCUT2D eigenvalue weighted by atomic mass is 32.2. The lowest BCUT2D eigenvalue weighted by Gasteiger charge is -2.26. The molecule has 0 radical (unpaired) electrons. The molecule has 4 atom stereocenters. The third kappa shape index (κ3) is 8.85. The Morgan fingerprint density at radius 3 is 2.28 bits per heavy atom. The minimum atomic E-state index is -1.41. The van der Waals surface area contributed by atoms with Gasteiger partial charge in [-0.3, -0.25) is 14.4 Å². The second-order valence-electron chi connectivity index (χ2n) is 7.54. The zero-order chi connectivity index (χ0) is 24.3. The zero-order valence-electron chi connectivity index (χ0n) is 18.3. The van der Waals surface area contributed by atoms with Crippen LogP contribution in [0.5, 0.6) is 0 Å². The van der Waals surface area contributed by atoms with Gasteiger partial charge >= 0.3 is 5.97 Å². The number of aliphatic hydroxyl groups excluding tert-OH is 1. The predicted octanol–water partition coefficient (Wildman–Crippen LogP) is -1.78. The fraction of sp³-hybridized carbons (Fsp3) is 0.632. The van der Waals surface area contributed by atoms with Crippen LogP contribution in [-0.2, 0) is 25.6 Å². The van der Waals surface area contributed by atoms with Gasteiger partial charge in [-0.1, -0.05) is 13.8 Å². The molecule has 0 saturated heterocycles. The molecule has 0 fully saturated rings. The Labute approximate surface area is 190 Å². The number of aromatic nitrogens is 2. The van der Waals surface area contributed by atoms with Crippen molar-refractivity contribution in [1.82, 2.24) is 25.9 Å². The molecule has 0 bridgehead atoms. The summed E-state index contributed by atoms with van der Waals surface area (Å²) in [5, 5.41) is 26.2. The van der Waals surface area contributed by atoms with Gasteiger partial charge in [0.05, 0.1) is 19.0 Å². The van der Waals surface area contributed by atoms with Crippen molar-refractivity contribution < 1.29 is 29.4 Å². The SMILES string of the molecule is CSCCC(N)C(=O)NC(C(=O)NC(CO)C(=O)NC(Cc1cnc[nH]1)C(=O)O)C(C)C. The highest BCUT2D eigenvalue weighted by Crippen LogP contribution is 2.06. The lowest BCUT2D eigenvalue weighted by atomic mass is 10.0. The van der Waals surface area contributed by atoms with E-state index in [1.807, 2.05) is 6.26 Å². The summed E-state index contributed by atoms with van der Waals surface area (Å²) in [6.07, 6.45) is 5.06. The van der Waals surface area contributed by atoms with Crippen LogP contribution in [0, 0.1) is 5.92 Å². The van der Waals surface area contributed by atoms with E-state index in [1.54, 1.807) is 25.6 Å². The lowest BCUT2D eigenvalue weighted by Crippen LogP contribution is -2.59. The number of H-pyrrole nitrogens is 1. The summed E-state index contributed by atoms with van der Waals surface area (Å²) >= 11 is 1.54. The molecule has 4 unspecified atom stereocenters. The van der Waals surface area contributed by atoms with Gasteiger partial charge in [0.25, 0.3) is 0 Å². The summed E-state index contributed by atoms with van der Waals surface area (Å²) < 4.78 is 0. The van der Waals surface area contributed by atoms with Gasteiger partial charge in [0.15, 0.2) is 0 Å². The number of aliphatic hydroxyl groups is 1. The number of imidazole rings is 1. The Hall–Kier alpha value is -2.64. The minimum absolute atomic E-state index is 0.0637. The number of rotatable bonds is 14. The number of thioether (sulfide) groups is 1. The van der Waals surface area contributed by atoms with Crippen LogP contribution in [0.3, 0.4) is 0 Å². The average Bonchev–Trinajstić information content (AvgIpc) is 3.25. The van der Waals surface area contributed by atoms with E-state index in [0.717, 1.165) is 0 Å². The molecule has 1 aromatic rings. The van der Waals surface area contributed by atoms with Gasteiger partial charge < -0.3 is 36.9 Å². The number of nitrogens with zero attached hydrogens (tertiary/aromatic N) is 1. The van der Waals surface area contributed by atoms with Gasteiger partial charge in [0.1, 0.15) is 18.1 Å². The summed E-state index contributed by atoms with van der Waals surface area (Å²) in [4.78, 5) is 55.6. The smallest absolute Gasteiger partial charge is 0.326 e. The first-order chi connectivity index (χ1) is 15.1. The van der Waals surface area contributed by atoms with Crippen molar-refractivity contribution in [3.63, 3.8) is 0 Å². The van der Waals surface area contributed by atoms with Crippen LogP contribution in [0.15, 0.2) is 12.5 Å². The fourth-order valence-electron chi connectivity index (χ4n) is 2.72. The third-order valence-electron chi connectivity index (χ3n) is 4.63.